The minimum atomic E-state index is -3.49. The summed E-state index contributed by atoms with van der Waals surface area (Å²) in [6, 6.07) is 8.89. The van der Waals surface area contributed by atoms with Crippen LogP contribution in [0.3, 0.4) is 0 Å². The highest BCUT2D eigenvalue weighted by molar-refractivity contribution is 7.91. The Bertz CT molecular complexity index is 820. The van der Waals surface area contributed by atoms with Gasteiger partial charge < -0.3 is 10.1 Å². The van der Waals surface area contributed by atoms with Gasteiger partial charge in [0.15, 0.2) is 0 Å². The molecule has 2 N–H and O–H groups in total. The van der Waals surface area contributed by atoms with Crippen molar-refractivity contribution >= 4 is 27.3 Å². The molecule has 0 fully saturated rings. The van der Waals surface area contributed by atoms with E-state index in [0.29, 0.717) is 10.4 Å². The molecule has 0 saturated carbocycles. The molecule has 10 heteroatoms. The summed E-state index contributed by atoms with van der Waals surface area (Å²) in [5.41, 5.74) is 0.642. The van der Waals surface area contributed by atoms with E-state index in [1.165, 1.54) is 37.4 Å². The molecule has 0 aliphatic rings. The van der Waals surface area contributed by atoms with Gasteiger partial charge in [-0.2, -0.15) is 8.78 Å². The SMILES string of the molecule is CNS(=O)(=O)c1ccc(CNC(=O)Cc2ccc(OC(F)F)cc2)s1. The van der Waals surface area contributed by atoms with Gasteiger partial charge >= 0.3 is 6.61 Å². The van der Waals surface area contributed by atoms with Crippen molar-refractivity contribution in [3.63, 3.8) is 0 Å². The lowest BCUT2D eigenvalue weighted by Crippen LogP contribution is -2.24. The number of benzene rings is 1. The van der Waals surface area contributed by atoms with E-state index >= 15 is 0 Å². The molecule has 2 aromatic rings. The van der Waals surface area contributed by atoms with Gasteiger partial charge in [0.2, 0.25) is 15.9 Å². The fraction of sp³-hybridized carbons (Fsp3) is 0.267. The number of amides is 1. The Balaban J connectivity index is 1.86. The van der Waals surface area contributed by atoms with Crippen LogP contribution < -0.4 is 14.8 Å². The third-order valence-electron chi connectivity index (χ3n) is 3.14. The van der Waals surface area contributed by atoms with Crippen LogP contribution in [0, 0.1) is 0 Å². The molecule has 0 radical (unpaired) electrons. The second-order valence-corrected chi connectivity index (χ2v) is 8.19. The molecule has 136 valence electrons. The number of hydrogen-bond donors (Lipinski definition) is 2. The molecule has 0 aliphatic heterocycles. The molecule has 1 amide bonds. The van der Waals surface area contributed by atoms with Crippen molar-refractivity contribution in [2.75, 3.05) is 7.05 Å². The Kier molecular flexibility index (Phi) is 6.45. The third-order valence-corrected chi connectivity index (χ3v) is 6.13. The zero-order valence-corrected chi connectivity index (χ0v) is 14.8. The Morgan fingerprint density at radius 1 is 1.20 bits per heavy atom. The molecule has 6 nitrogen and oxygen atoms in total. The standard InChI is InChI=1S/C15H16F2N2O4S2/c1-18-25(21,22)14-7-6-12(24-14)9-19-13(20)8-10-2-4-11(5-3-10)23-15(16)17/h2-7,15,18H,8-9H2,1H3,(H,19,20). The van der Waals surface area contributed by atoms with Crippen molar-refractivity contribution in [2.45, 2.75) is 23.8 Å². The van der Waals surface area contributed by atoms with Crippen molar-refractivity contribution in [2.24, 2.45) is 0 Å². The number of hydrogen-bond acceptors (Lipinski definition) is 5. The summed E-state index contributed by atoms with van der Waals surface area (Å²) in [5, 5.41) is 2.68. The molecular weight excluding hydrogens is 374 g/mol. The average molecular weight is 390 g/mol. The highest BCUT2D eigenvalue weighted by Crippen LogP contribution is 2.21. The first-order valence-electron chi connectivity index (χ1n) is 7.13. The molecule has 0 aliphatic carbocycles. The van der Waals surface area contributed by atoms with Gasteiger partial charge in [-0.3, -0.25) is 4.79 Å². The van der Waals surface area contributed by atoms with Crippen LogP contribution in [0.1, 0.15) is 10.4 Å². The van der Waals surface area contributed by atoms with Crippen molar-refractivity contribution in [1.29, 1.82) is 0 Å². The minimum absolute atomic E-state index is 0.0241. The molecule has 1 heterocycles. The van der Waals surface area contributed by atoms with E-state index in [1.807, 2.05) is 0 Å². The topological polar surface area (TPSA) is 84.5 Å². The molecule has 0 unspecified atom stereocenters. The molecule has 25 heavy (non-hydrogen) atoms. The number of rotatable bonds is 8. The molecule has 1 aromatic heterocycles. The lowest BCUT2D eigenvalue weighted by molar-refractivity contribution is -0.120. The summed E-state index contributed by atoms with van der Waals surface area (Å²) >= 11 is 1.07. The summed E-state index contributed by atoms with van der Waals surface area (Å²) < 4.78 is 54.0. The second kappa shape index (κ2) is 8.37. The van der Waals surface area contributed by atoms with Crippen LogP contribution in [0.2, 0.25) is 0 Å². The first kappa shape index (κ1) is 19.3. The second-order valence-electron chi connectivity index (χ2n) is 4.90. The maximum atomic E-state index is 12.1. The van der Waals surface area contributed by atoms with Gasteiger partial charge in [-0.15, -0.1) is 11.3 Å². The van der Waals surface area contributed by atoms with Crippen LogP contribution in [0.25, 0.3) is 0 Å². The molecule has 0 atom stereocenters. The molecule has 0 spiro atoms. The average Bonchev–Trinajstić information content (AvgIpc) is 3.04. The summed E-state index contributed by atoms with van der Waals surface area (Å²) in [6.45, 7) is -2.69. The Hall–Kier alpha value is -2.04. The quantitative estimate of drug-likeness (QED) is 0.723. The van der Waals surface area contributed by atoms with Gasteiger partial charge in [0.25, 0.3) is 0 Å². The largest absolute Gasteiger partial charge is 0.435 e. The Morgan fingerprint density at radius 2 is 1.88 bits per heavy atom. The molecule has 0 bridgehead atoms. The summed E-state index contributed by atoms with van der Waals surface area (Å²) in [7, 11) is -2.16. The third kappa shape index (κ3) is 5.76. The molecule has 1 aromatic carbocycles. The highest BCUT2D eigenvalue weighted by atomic mass is 32.2. The predicted octanol–water partition coefficient (Wildman–Crippen LogP) is 2.12. The van der Waals surface area contributed by atoms with Gasteiger partial charge in [-0.1, -0.05) is 12.1 Å². The number of ether oxygens (including phenoxy) is 1. The number of alkyl halides is 2. The normalized spacial score (nSPS) is 11.5. The van der Waals surface area contributed by atoms with E-state index in [2.05, 4.69) is 14.8 Å². The van der Waals surface area contributed by atoms with Gasteiger partial charge in [0, 0.05) is 4.88 Å². The van der Waals surface area contributed by atoms with E-state index in [9.17, 15) is 22.0 Å². The van der Waals surface area contributed by atoms with E-state index in [4.69, 9.17) is 0 Å². The van der Waals surface area contributed by atoms with Crippen molar-refractivity contribution in [3.8, 4) is 5.75 Å². The van der Waals surface area contributed by atoms with Crippen LogP contribution in [-0.2, 0) is 27.8 Å². The number of thiophene rings is 1. The summed E-state index contributed by atoms with van der Waals surface area (Å²) in [5.74, 6) is -0.245. The zero-order valence-electron chi connectivity index (χ0n) is 13.2. The van der Waals surface area contributed by atoms with Crippen LogP contribution >= 0.6 is 11.3 Å². The maximum absolute atomic E-state index is 12.1. The van der Waals surface area contributed by atoms with Gasteiger partial charge in [0.05, 0.1) is 13.0 Å². The van der Waals surface area contributed by atoms with Crippen LogP contribution in [0.4, 0.5) is 8.78 Å². The first-order chi connectivity index (χ1) is 11.8. The van der Waals surface area contributed by atoms with E-state index in [0.717, 1.165) is 11.3 Å². The maximum Gasteiger partial charge on any atom is 0.387 e. The number of carbonyl (C=O) groups excluding carboxylic acids is 1. The van der Waals surface area contributed by atoms with E-state index < -0.39 is 16.6 Å². The monoisotopic (exact) mass is 390 g/mol. The number of sulfonamides is 1. The van der Waals surface area contributed by atoms with Crippen LogP contribution in [0.5, 0.6) is 5.75 Å². The van der Waals surface area contributed by atoms with Crippen molar-refractivity contribution < 1.29 is 26.7 Å². The minimum Gasteiger partial charge on any atom is -0.435 e. The fourth-order valence-electron chi connectivity index (χ4n) is 1.92. The van der Waals surface area contributed by atoms with Crippen LogP contribution in [-0.4, -0.2) is 28.0 Å². The lowest BCUT2D eigenvalue weighted by atomic mass is 10.1. The smallest absolute Gasteiger partial charge is 0.387 e. The summed E-state index contributed by atoms with van der Waals surface area (Å²) in [6.07, 6.45) is 0.0714. The van der Waals surface area contributed by atoms with Crippen molar-refractivity contribution in [1.82, 2.24) is 10.0 Å². The first-order valence-corrected chi connectivity index (χ1v) is 9.43. The van der Waals surface area contributed by atoms with Crippen LogP contribution in [0.15, 0.2) is 40.6 Å². The Morgan fingerprint density at radius 3 is 2.48 bits per heavy atom. The van der Waals surface area contributed by atoms with E-state index in [1.54, 1.807) is 6.07 Å². The fourth-order valence-corrected chi connectivity index (χ4v) is 4.05. The van der Waals surface area contributed by atoms with Gasteiger partial charge in [-0.05, 0) is 36.9 Å². The molecule has 2 rings (SSSR count). The number of nitrogens with one attached hydrogen (secondary N) is 2. The van der Waals surface area contributed by atoms with Gasteiger partial charge in [-0.25, -0.2) is 13.1 Å². The highest BCUT2D eigenvalue weighted by Gasteiger charge is 2.14. The van der Waals surface area contributed by atoms with E-state index in [-0.39, 0.29) is 28.8 Å². The predicted molar refractivity (Wildman–Crippen MR) is 89.2 cm³/mol. The van der Waals surface area contributed by atoms with Gasteiger partial charge in [0.1, 0.15) is 9.96 Å². The molecular formula is C15H16F2N2O4S2. The molecule has 0 saturated heterocycles. The zero-order chi connectivity index (χ0) is 18.4. The number of halogens is 2. The lowest BCUT2D eigenvalue weighted by Gasteiger charge is -2.06. The van der Waals surface area contributed by atoms with Crippen molar-refractivity contribution in [3.05, 3.63) is 46.8 Å². The summed E-state index contributed by atoms with van der Waals surface area (Å²) in [4.78, 5) is 12.6. The number of carbonyl (C=O) groups is 1. The Labute approximate surface area is 147 Å².